The molecule has 3 aromatic rings. The molecule has 4 rings (SSSR count). The van der Waals surface area contributed by atoms with Crippen LogP contribution in [0.2, 0.25) is 0 Å². The van der Waals surface area contributed by atoms with E-state index in [1.165, 1.54) is 28.7 Å². The number of aliphatic hydroxyl groups excluding tert-OH is 1. The molecule has 3 heterocycles. The van der Waals surface area contributed by atoms with E-state index in [4.69, 9.17) is 19.6 Å². The highest BCUT2D eigenvalue weighted by Crippen LogP contribution is 2.42. The molecule has 1 aliphatic heterocycles. The molecule has 1 saturated heterocycles. The first kappa shape index (κ1) is 23.6. The van der Waals surface area contributed by atoms with Crippen LogP contribution < -0.4 is 9.64 Å². The Kier molecular flexibility index (Phi) is 6.43. The summed E-state index contributed by atoms with van der Waals surface area (Å²) < 4.78 is 38.3. The third-order valence-electron chi connectivity index (χ3n) is 4.80. The third kappa shape index (κ3) is 5.33. The number of rotatable bonds is 5. The maximum absolute atomic E-state index is 13.8. The summed E-state index contributed by atoms with van der Waals surface area (Å²) in [7, 11) is 0. The lowest BCUT2D eigenvalue weighted by atomic mass is 10.2. The molecule has 8 nitrogen and oxygen atoms in total. The smallest absolute Gasteiger partial charge is 0.421 e. The van der Waals surface area contributed by atoms with E-state index < -0.39 is 18.3 Å². The second-order valence-corrected chi connectivity index (χ2v) is 10.3. The highest BCUT2D eigenvalue weighted by molar-refractivity contribution is 7.22. The number of nitrogens with zero attached hydrogens (tertiary/aromatic N) is 4. The molecule has 12 heteroatoms. The van der Waals surface area contributed by atoms with Crippen molar-refractivity contribution in [3.8, 4) is 16.3 Å². The van der Waals surface area contributed by atoms with E-state index in [9.17, 15) is 13.6 Å². The fourth-order valence-corrected chi connectivity index (χ4v) is 5.07. The van der Waals surface area contributed by atoms with E-state index in [-0.39, 0.29) is 11.8 Å². The summed E-state index contributed by atoms with van der Waals surface area (Å²) >= 11 is 2.65. The molecule has 1 amide bonds. The molecule has 1 aromatic carbocycles. The van der Waals surface area contributed by atoms with Gasteiger partial charge in [0.1, 0.15) is 23.0 Å². The molecule has 1 aliphatic rings. The molecule has 178 valence electrons. The van der Waals surface area contributed by atoms with Gasteiger partial charge < -0.3 is 24.4 Å². The van der Waals surface area contributed by atoms with Crippen LogP contribution in [0.15, 0.2) is 23.7 Å². The van der Waals surface area contributed by atoms with Gasteiger partial charge in [0.05, 0.1) is 10.2 Å². The van der Waals surface area contributed by atoms with Gasteiger partial charge in [0.2, 0.25) is 0 Å². The Labute approximate surface area is 197 Å². The largest absolute Gasteiger partial charge is 0.444 e. The number of piperazine rings is 1. The summed E-state index contributed by atoms with van der Waals surface area (Å²) in [5.41, 5.74) is 0.654. The maximum atomic E-state index is 13.8. The van der Waals surface area contributed by atoms with E-state index >= 15 is 0 Å². The van der Waals surface area contributed by atoms with Crippen molar-refractivity contribution in [2.45, 2.75) is 32.5 Å². The number of aliphatic hydroxyl groups is 1. The van der Waals surface area contributed by atoms with Crippen LogP contribution in [0.3, 0.4) is 0 Å². The first-order valence-electron chi connectivity index (χ1n) is 10.3. The third-order valence-corrected chi connectivity index (χ3v) is 6.74. The fraction of sp³-hybridized carbons (Fsp3) is 0.476. The number of anilines is 1. The van der Waals surface area contributed by atoms with Gasteiger partial charge in [0, 0.05) is 43.3 Å². The van der Waals surface area contributed by atoms with Crippen molar-refractivity contribution in [1.29, 1.82) is 0 Å². The van der Waals surface area contributed by atoms with Crippen LogP contribution in [-0.2, 0) is 4.74 Å². The van der Waals surface area contributed by atoms with Crippen molar-refractivity contribution in [3.05, 3.63) is 23.7 Å². The van der Waals surface area contributed by atoms with Crippen molar-refractivity contribution in [2.24, 2.45) is 0 Å². The van der Waals surface area contributed by atoms with E-state index in [0.717, 1.165) is 5.56 Å². The van der Waals surface area contributed by atoms with Gasteiger partial charge in [-0.25, -0.2) is 14.8 Å². The van der Waals surface area contributed by atoms with Crippen molar-refractivity contribution >= 4 is 44.1 Å². The number of aromatic nitrogens is 2. The zero-order chi connectivity index (χ0) is 23.8. The van der Waals surface area contributed by atoms with Crippen molar-refractivity contribution in [3.63, 3.8) is 0 Å². The standard InChI is InChI=1S/C21H24F2N4O4S2/c1-20(2,3)31-19(29)27-9-7-26(8-10-27)18-25-15-13(17-24-6-11-32-17)4-5-14(16(15)33-18)30-21(22,23)12-28/h4-6,11,28H,7-10,12H2,1-3H3. The minimum atomic E-state index is -3.71. The van der Waals surface area contributed by atoms with Gasteiger partial charge in [-0.05, 0) is 32.9 Å². The molecule has 1 N–H and O–H groups in total. The summed E-state index contributed by atoms with van der Waals surface area (Å²) in [6.07, 6.45) is -2.41. The summed E-state index contributed by atoms with van der Waals surface area (Å²) in [4.78, 5) is 25.0. The van der Waals surface area contributed by atoms with Gasteiger partial charge in [-0.2, -0.15) is 8.78 Å². The monoisotopic (exact) mass is 498 g/mol. The van der Waals surface area contributed by atoms with Gasteiger partial charge in [-0.15, -0.1) is 11.3 Å². The highest BCUT2D eigenvalue weighted by Gasteiger charge is 2.33. The van der Waals surface area contributed by atoms with E-state index in [0.29, 0.717) is 46.5 Å². The first-order chi connectivity index (χ1) is 15.6. The van der Waals surface area contributed by atoms with Crippen molar-refractivity contribution in [1.82, 2.24) is 14.9 Å². The van der Waals surface area contributed by atoms with Crippen LogP contribution in [0.5, 0.6) is 5.75 Å². The Morgan fingerprint density at radius 1 is 1.21 bits per heavy atom. The molecule has 0 radical (unpaired) electrons. The lowest BCUT2D eigenvalue weighted by Crippen LogP contribution is -2.50. The maximum Gasteiger partial charge on any atom is 0.421 e. The molecule has 0 atom stereocenters. The van der Waals surface area contributed by atoms with E-state index in [1.807, 2.05) is 31.1 Å². The molecular weight excluding hydrogens is 474 g/mol. The average Bonchev–Trinajstić information content (AvgIpc) is 3.43. The van der Waals surface area contributed by atoms with Crippen LogP contribution in [0.25, 0.3) is 20.8 Å². The van der Waals surface area contributed by atoms with E-state index in [1.54, 1.807) is 17.2 Å². The number of ether oxygens (including phenoxy) is 2. The van der Waals surface area contributed by atoms with E-state index in [2.05, 4.69) is 4.98 Å². The predicted molar refractivity (Wildman–Crippen MR) is 123 cm³/mol. The molecule has 33 heavy (non-hydrogen) atoms. The Morgan fingerprint density at radius 2 is 1.94 bits per heavy atom. The Bertz CT molecular complexity index is 1120. The second kappa shape index (κ2) is 8.99. The summed E-state index contributed by atoms with van der Waals surface area (Å²) in [5, 5.41) is 12.1. The minimum Gasteiger partial charge on any atom is -0.444 e. The molecule has 1 fully saturated rings. The molecule has 0 unspecified atom stereocenters. The van der Waals surface area contributed by atoms with Crippen LogP contribution >= 0.6 is 22.7 Å². The quantitative estimate of drug-likeness (QED) is 0.556. The van der Waals surface area contributed by atoms with Gasteiger partial charge in [0.15, 0.2) is 5.13 Å². The zero-order valence-corrected chi connectivity index (χ0v) is 20.0. The van der Waals surface area contributed by atoms with Gasteiger partial charge >= 0.3 is 12.2 Å². The summed E-state index contributed by atoms with van der Waals surface area (Å²) in [5.74, 6) is -0.0551. The number of halogens is 2. The molecular formula is C21H24F2N4O4S2. The first-order valence-corrected chi connectivity index (χ1v) is 12.0. The molecule has 0 saturated carbocycles. The Balaban J connectivity index is 1.61. The van der Waals surface area contributed by atoms with Crippen LogP contribution in [0.4, 0.5) is 18.7 Å². The highest BCUT2D eigenvalue weighted by atomic mass is 32.1. The minimum absolute atomic E-state index is 0.0551. The number of carbonyl (C=O) groups excluding carboxylic acids is 1. The number of amides is 1. The second-order valence-electron chi connectivity index (χ2n) is 8.47. The number of hydrogen-bond acceptors (Lipinski definition) is 9. The molecule has 0 bridgehead atoms. The number of fused-ring (bicyclic) bond motifs is 1. The van der Waals surface area contributed by atoms with Gasteiger partial charge in [0.25, 0.3) is 0 Å². The van der Waals surface area contributed by atoms with Crippen LogP contribution in [-0.4, -0.2) is 70.6 Å². The van der Waals surface area contributed by atoms with Crippen molar-refractivity contribution in [2.75, 3.05) is 37.7 Å². The topological polar surface area (TPSA) is 88.0 Å². The van der Waals surface area contributed by atoms with Crippen LogP contribution in [0, 0.1) is 0 Å². The van der Waals surface area contributed by atoms with Crippen molar-refractivity contribution < 1.29 is 28.2 Å². The van der Waals surface area contributed by atoms with Gasteiger partial charge in [-0.1, -0.05) is 11.3 Å². The SMILES string of the molecule is CC(C)(C)OC(=O)N1CCN(c2nc3c(-c4nccs4)ccc(OC(F)(F)CO)c3s2)CC1. The molecule has 0 spiro atoms. The fourth-order valence-electron chi connectivity index (χ4n) is 3.32. The summed E-state index contributed by atoms with van der Waals surface area (Å²) in [6.45, 7) is 5.99. The number of alkyl halides is 2. The normalized spacial score (nSPS) is 15.2. The van der Waals surface area contributed by atoms with Crippen LogP contribution in [0.1, 0.15) is 20.8 Å². The summed E-state index contributed by atoms with van der Waals surface area (Å²) in [6, 6.07) is 3.10. The number of hydrogen-bond donors (Lipinski definition) is 1. The molecule has 2 aromatic heterocycles. The predicted octanol–water partition coefficient (Wildman–Crippen LogP) is 4.44. The Morgan fingerprint density at radius 3 is 2.55 bits per heavy atom. The number of carbonyl (C=O) groups is 1. The molecule has 0 aliphatic carbocycles. The number of thiazole rings is 2. The lowest BCUT2D eigenvalue weighted by Gasteiger charge is -2.35. The lowest BCUT2D eigenvalue weighted by molar-refractivity contribution is -0.200. The number of benzene rings is 1. The van der Waals surface area contributed by atoms with Gasteiger partial charge in [-0.3, -0.25) is 0 Å². The Hall–Kier alpha value is -2.57. The average molecular weight is 499 g/mol. The zero-order valence-electron chi connectivity index (χ0n) is 18.4.